The Kier molecular flexibility index (Phi) is 5.40. The van der Waals surface area contributed by atoms with Crippen molar-refractivity contribution in [1.29, 1.82) is 0 Å². The number of aromatic carboxylic acids is 1. The number of carboxylic acid groups (broad SMARTS) is 1. The minimum atomic E-state index is -0.979. The van der Waals surface area contributed by atoms with Crippen molar-refractivity contribution in [2.45, 2.75) is 52.0 Å². The third-order valence-electron chi connectivity index (χ3n) is 6.15. The van der Waals surface area contributed by atoms with Crippen LogP contribution in [0.1, 0.15) is 64.0 Å². The van der Waals surface area contributed by atoms with Crippen LogP contribution in [0.15, 0.2) is 6.20 Å². The van der Waals surface area contributed by atoms with Crippen LogP contribution in [0, 0.1) is 5.41 Å². The number of aryl methyl sites for hydroxylation is 3. The van der Waals surface area contributed by atoms with Crippen molar-refractivity contribution < 1.29 is 19.4 Å². The van der Waals surface area contributed by atoms with Crippen LogP contribution in [0.25, 0.3) is 0 Å². The summed E-state index contributed by atoms with van der Waals surface area (Å²) in [6.07, 6.45) is 5.99. The number of hydrogen-bond acceptors (Lipinski definition) is 5. The summed E-state index contributed by atoms with van der Waals surface area (Å²) in [6.45, 7) is 4.74. The van der Waals surface area contributed by atoms with Gasteiger partial charge in [0.05, 0.1) is 22.6 Å². The van der Waals surface area contributed by atoms with Gasteiger partial charge in [0.25, 0.3) is 5.91 Å². The molecule has 1 amide bonds. The summed E-state index contributed by atoms with van der Waals surface area (Å²) < 4.78 is 7.51. The molecule has 9 nitrogen and oxygen atoms in total. The molecule has 0 atom stereocenters. The van der Waals surface area contributed by atoms with Gasteiger partial charge in [-0.15, -0.1) is 0 Å². The average molecular weight is 401 g/mol. The van der Waals surface area contributed by atoms with E-state index in [0.29, 0.717) is 38.0 Å². The van der Waals surface area contributed by atoms with Gasteiger partial charge in [-0.05, 0) is 43.9 Å². The first-order valence-electron chi connectivity index (χ1n) is 10.2. The number of carboxylic acids is 1. The lowest BCUT2D eigenvalue weighted by molar-refractivity contribution is 0.0152. The lowest BCUT2D eigenvalue weighted by Gasteiger charge is -2.36. The third-order valence-corrected chi connectivity index (χ3v) is 6.15. The number of carbonyl (C=O) groups excluding carboxylic acids is 1. The van der Waals surface area contributed by atoms with Gasteiger partial charge in [0.2, 0.25) is 0 Å². The van der Waals surface area contributed by atoms with Crippen molar-refractivity contribution in [1.82, 2.24) is 25.3 Å². The average Bonchev–Trinajstić information content (AvgIpc) is 3.29. The Hall–Kier alpha value is -2.68. The van der Waals surface area contributed by atoms with Crippen molar-refractivity contribution in [3.05, 3.63) is 34.4 Å². The molecule has 9 heteroatoms. The molecule has 1 saturated heterocycles. The molecule has 0 radical (unpaired) electrons. The van der Waals surface area contributed by atoms with Crippen LogP contribution >= 0.6 is 0 Å². The van der Waals surface area contributed by atoms with E-state index in [0.717, 1.165) is 49.4 Å². The second kappa shape index (κ2) is 7.98. The molecule has 3 N–H and O–H groups in total. The summed E-state index contributed by atoms with van der Waals surface area (Å²) in [5.41, 5.74) is 3.32. The molecule has 2 aliphatic heterocycles. The standard InChI is InChI=1S/C20H27N5O4/c1-2-14-17-16(10-20(12-21-18(17)26)5-8-29-9-6-20)25(24-14)7-3-4-15-13(19(27)28)11-22-23-15/h11H,2-10,12H2,1H3,(H,21,26)(H,22,23)(H,27,28). The molecule has 0 bridgehead atoms. The van der Waals surface area contributed by atoms with Crippen molar-refractivity contribution in [3.63, 3.8) is 0 Å². The first kappa shape index (κ1) is 19.6. The number of fused-ring (bicyclic) bond motifs is 1. The van der Waals surface area contributed by atoms with E-state index in [2.05, 4.69) is 15.5 Å². The van der Waals surface area contributed by atoms with E-state index in [1.807, 2.05) is 11.6 Å². The Balaban J connectivity index is 1.57. The molecule has 0 aliphatic carbocycles. The quantitative estimate of drug-likeness (QED) is 0.676. The fourth-order valence-electron chi connectivity index (χ4n) is 4.45. The van der Waals surface area contributed by atoms with Gasteiger partial charge in [-0.2, -0.15) is 10.2 Å². The summed E-state index contributed by atoms with van der Waals surface area (Å²) in [7, 11) is 0. The number of aromatic amines is 1. The fraction of sp³-hybridized carbons (Fsp3) is 0.600. The third kappa shape index (κ3) is 3.78. The van der Waals surface area contributed by atoms with Crippen molar-refractivity contribution in [2.75, 3.05) is 19.8 Å². The van der Waals surface area contributed by atoms with Crippen molar-refractivity contribution in [2.24, 2.45) is 5.41 Å². The predicted octanol–water partition coefficient (Wildman–Crippen LogP) is 1.58. The van der Waals surface area contributed by atoms with Crippen molar-refractivity contribution >= 4 is 11.9 Å². The number of rotatable bonds is 6. The SMILES string of the molecule is CCc1nn(CCCc2n[nH]cc2C(=O)O)c2c1C(=O)NCC1(CCOCC1)C2. The smallest absolute Gasteiger partial charge is 0.339 e. The lowest BCUT2D eigenvalue weighted by atomic mass is 9.76. The molecular weight excluding hydrogens is 374 g/mol. The minimum absolute atomic E-state index is 0.0145. The zero-order valence-electron chi connectivity index (χ0n) is 16.7. The van der Waals surface area contributed by atoms with Crippen LogP contribution in [-0.4, -0.2) is 56.7 Å². The highest BCUT2D eigenvalue weighted by atomic mass is 16.5. The fourth-order valence-corrected chi connectivity index (χ4v) is 4.45. The minimum Gasteiger partial charge on any atom is -0.478 e. The Labute approximate surface area is 168 Å². The number of amides is 1. The van der Waals surface area contributed by atoms with Gasteiger partial charge >= 0.3 is 5.97 Å². The molecule has 4 heterocycles. The van der Waals surface area contributed by atoms with Crippen LogP contribution in [-0.2, 0) is 30.5 Å². The monoisotopic (exact) mass is 401 g/mol. The van der Waals surface area contributed by atoms with Crippen molar-refractivity contribution in [3.8, 4) is 0 Å². The number of hydrogen-bond donors (Lipinski definition) is 3. The second-order valence-electron chi connectivity index (χ2n) is 7.97. The molecule has 0 saturated carbocycles. The normalized spacial score (nSPS) is 18.3. The van der Waals surface area contributed by atoms with Gasteiger partial charge in [0.15, 0.2) is 0 Å². The topological polar surface area (TPSA) is 122 Å². The predicted molar refractivity (Wildman–Crippen MR) is 104 cm³/mol. The largest absolute Gasteiger partial charge is 0.478 e. The Morgan fingerprint density at radius 2 is 2.14 bits per heavy atom. The zero-order valence-corrected chi connectivity index (χ0v) is 16.7. The number of aromatic nitrogens is 4. The zero-order chi connectivity index (χ0) is 20.4. The van der Waals surface area contributed by atoms with Crippen LogP contribution < -0.4 is 5.32 Å². The first-order chi connectivity index (χ1) is 14.0. The second-order valence-corrected chi connectivity index (χ2v) is 7.97. The summed E-state index contributed by atoms with van der Waals surface area (Å²) in [4.78, 5) is 24.1. The van der Waals surface area contributed by atoms with E-state index in [-0.39, 0.29) is 16.9 Å². The number of ether oxygens (including phenoxy) is 1. The van der Waals surface area contributed by atoms with Gasteiger partial charge in [0, 0.05) is 32.5 Å². The molecule has 1 fully saturated rings. The van der Waals surface area contributed by atoms with Crippen LogP contribution in [0.4, 0.5) is 0 Å². The highest BCUT2D eigenvalue weighted by molar-refractivity contribution is 5.97. The van der Waals surface area contributed by atoms with Crippen LogP contribution in [0.3, 0.4) is 0 Å². The molecule has 2 aromatic rings. The lowest BCUT2D eigenvalue weighted by Crippen LogP contribution is -2.40. The van der Waals surface area contributed by atoms with Gasteiger partial charge in [0.1, 0.15) is 5.56 Å². The molecule has 156 valence electrons. The van der Waals surface area contributed by atoms with Crippen LogP contribution in [0.5, 0.6) is 0 Å². The summed E-state index contributed by atoms with van der Waals surface area (Å²) in [5, 5.41) is 23.8. The maximum atomic E-state index is 12.8. The van der Waals surface area contributed by atoms with E-state index in [9.17, 15) is 14.7 Å². The summed E-state index contributed by atoms with van der Waals surface area (Å²) in [6, 6.07) is 0. The summed E-state index contributed by atoms with van der Waals surface area (Å²) >= 11 is 0. The van der Waals surface area contributed by atoms with Gasteiger partial charge in [-0.3, -0.25) is 14.6 Å². The van der Waals surface area contributed by atoms with E-state index in [4.69, 9.17) is 9.84 Å². The molecule has 0 unspecified atom stereocenters. The molecule has 4 rings (SSSR count). The van der Waals surface area contributed by atoms with Gasteiger partial charge < -0.3 is 15.2 Å². The number of nitrogens with one attached hydrogen (secondary N) is 2. The molecule has 2 aliphatic rings. The molecule has 1 spiro atoms. The van der Waals surface area contributed by atoms with E-state index in [1.54, 1.807) is 0 Å². The van der Waals surface area contributed by atoms with Gasteiger partial charge in [-0.1, -0.05) is 6.92 Å². The van der Waals surface area contributed by atoms with Gasteiger partial charge in [-0.25, -0.2) is 4.79 Å². The van der Waals surface area contributed by atoms with E-state index < -0.39 is 5.97 Å². The number of carbonyl (C=O) groups is 2. The number of nitrogens with zero attached hydrogens (tertiary/aromatic N) is 3. The molecule has 2 aromatic heterocycles. The molecule has 0 aromatic carbocycles. The highest BCUT2D eigenvalue weighted by Crippen LogP contribution is 2.37. The molecule has 29 heavy (non-hydrogen) atoms. The number of H-pyrrole nitrogens is 1. The Bertz CT molecular complexity index is 910. The van der Waals surface area contributed by atoms with E-state index >= 15 is 0 Å². The summed E-state index contributed by atoms with van der Waals surface area (Å²) in [5.74, 6) is -1.01. The molecular formula is C20H27N5O4. The highest BCUT2D eigenvalue weighted by Gasteiger charge is 2.39. The Morgan fingerprint density at radius 3 is 2.86 bits per heavy atom. The van der Waals surface area contributed by atoms with Crippen LogP contribution in [0.2, 0.25) is 0 Å². The maximum absolute atomic E-state index is 12.8. The first-order valence-corrected chi connectivity index (χ1v) is 10.2. The maximum Gasteiger partial charge on any atom is 0.339 e. The van der Waals surface area contributed by atoms with E-state index in [1.165, 1.54) is 6.20 Å². The Morgan fingerprint density at radius 1 is 1.34 bits per heavy atom.